The lowest BCUT2D eigenvalue weighted by Gasteiger charge is -2.06. The van der Waals surface area contributed by atoms with Crippen LogP contribution in [-0.2, 0) is 0 Å². The van der Waals surface area contributed by atoms with Crippen LogP contribution in [0.2, 0.25) is 0 Å². The smallest absolute Gasteiger partial charge is 0.124 e. The molecule has 0 saturated carbocycles. The molecule has 0 saturated heterocycles. The molecule has 0 atom stereocenters. The van der Waals surface area contributed by atoms with E-state index in [0.717, 1.165) is 5.56 Å². The highest BCUT2D eigenvalue weighted by atomic mass is 127. The van der Waals surface area contributed by atoms with Gasteiger partial charge in [-0.1, -0.05) is 41.9 Å². The molecule has 2 aromatic rings. The summed E-state index contributed by atoms with van der Waals surface area (Å²) >= 11 is 8.30. The van der Waals surface area contributed by atoms with Crippen molar-refractivity contribution in [3.63, 3.8) is 0 Å². The molecule has 1 nitrogen and oxygen atoms in total. The minimum absolute atomic E-state index is 0.323. The fourth-order valence-corrected chi connectivity index (χ4v) is 2.87. The Hall–Kier alpha value is -1.38. The van der Waals surface area contributed by atoms with Crippen LogP contribution in [0, 0.1) is 20.7 Å². The Balaban J connectivity index is 2.59. The van der Waals surface area contributed by atoms with Crippen molar-refractivity contribution >= 4 is 44.8 Å². The lowest BCUT2D eigenvalue weighted by Crippen LogP contribution is -1.90. The molecule has 0 aliphatic rings. The monoisotopic (exact) mass is 383 g/mol. The lowest BCUT2D eigenvalue weighted by atomic mass is 10.0. The van der Waals surface area contributed by atoms with E-state index in [1.165, 1.54) is 12.1 Å². The van der Waals surface area contributed by atoms with Gasteiger partial charge in [-0.05, 0) is 46.4 Å². The van der Waals surface area contributed by atoms with Crippen molar-refractivity contribution in [3.05, 3.63) is 69.0 Å². The highest BCUT2D eigenvalue weighted by Crippen LogP contribution is 2.32. The van der Waals surface area contributed by atoms with Crippen LogP contribution in [0.4, 0.5) is 4.39 Å². The summed E-state index contributed by atoms with van der Waals surface area (Å²) < 4.78 is 13.8. The van der Waals surface area contributed by atoms with Gasteiger partial charge < -0.3 is 0 Å². The Morgan fingerprint density at radius 3 is 2.42 bits per heavy atom. The van der Waals surface area contributed by atoms with Crippen LogP contribution in [0.25, 0.3) is 10.6 Å². The Morgan fingerprint density at radius 2 is 1.84 bits per heavy atom. The second-order valence-electron chi connectivity index (χ2n) is 3.79. The Bertz CT molecular complexity index is 674. The van der Waals surface area contributed by atoms with Crippen molar-refractivity contribution in [2.24, 2.45) is 0 Å². The van der Waals surface area contributed by atoms with E-state index >= 15 is 0 Å². The van der Waals surface area contributed by atoms with Gasteiger partial charge in [-0.15, -0.1) is 0 Å². The molecule has 19 heavy (non-hydrogen) atoms. The van der Waals surface area contributed by atoms with Crippen LogP contribution in [0.3, 0.4) is 0 Å². The van der Waals surface area contributed by atoms with Gasteiger partial charge in [-0.25, -0.2) is 4.39 Å². The average Bonchev–Trinajstić information content (AvgIpc) is 2.40. The largest absolute Gasteiger partial charge is 0.207 e. The fourth-order valence-electron chi connectivity index (χ4n) is 1.65. The van der Waals surface area contributed by atoms with E-state index in [-0.39, 0.29) is 5.82 Å². The number of hydrogen-bond donors (Lipinski definition) is 0. The van der Waals surface area contributed by atoms with Gasteiger partial charge in [0.1, 0.15) is 11.9 Å². The first-order valence-electron chi connectivity index (χ1n) is 5.44. The van der Waals surface area contributed by atoms with E-state index in [9.17, 15) is 9.65 Å². The van der Waals surface area contributed by atoms with Gasteiger partial charge in [-0.2, -0.15) is 5.26 Å². The van der Waals surface area contributed by atoms with Gasteiger partial charge in [-0.3, -0.25) is 0 Å². The third-order valence-electron chi connectivity index (χ3n) is 2.56. The molecule has 0 heterocycles. The first-order chi connectivity index (χ1) is 9.13. The third-order valence-corrected chi connectivity index (χ3v) is 3.85. The third kappa shape index (κ3) is 3.14. The van der Waals surface area contributed by atoms with Crippen LogP contribution in [0.1, 0.15) is 11.1 Å². The van der Waals surface area contributed by atoms with Gasteiger partial charge in [0, 0.05) is 9.13 Å². The van der Waals surface area contributed by atoms with Crippen LogP contribution in [0.5, 0.6) is 0 Å². The number of nitrogens with zero attached hydrogens (tertiary/aromatic N) is 1. The number of halogens is 3. The summed E-state index contributed by atoms with van der Waals surface area (Å²) in [4.78, 5) is 0. The van der Waals surface area contributed by atoms with E-state index in [4.69, 9.17) is 11.6 Å². The first-order valence-corrected chi connectivity index (χ1v) is 6.90. The molecule has 0 radical (unpaired) electrons. The SMILES string of the molecule is N#C/C(=C(\Cl)c1ccc(F)cc1I)c1ccccc1. The Kier molecular flexibility index (Phi) is 4.56. The van der Waals surface area contributed by atoms with E-state index in [0.29, 0.717) is 19.7 Å². The molecule has 2 aromatic carbocycles. The van der Waals surface area contributed by atoms with Gasteiger partial charge in [0.05, 0.1) is 10.6 Å². The molecule has 0 aromatic heterocycles. The number of hydrogen-bond acceptors (Lipinski definition) is 1. The van der Waals surface area contributed by atoms with Gasteiger partial charge in [0.2, 0.25) is 0 Å². The highest BCUT2D eigenvalue weighted by Gasteiger charge is 2.12. The van der Waals surface area contributed by atoms with Crippen LogP contribution in [-0.4, -0.2) is 0 Å². The second kappa shape index (κ2) is 6.18. The van der Waals surface area contributed by atoms with Crippen molar-refractivity contribution in [1.29, 1.82) is 5.26 Å². The van der Waals surface area contributed by atoms with Crippen LogP contribution in [0.15, 0.2) is 48.5 Å². The predicted molar refractivity (Wildman–Crippen MR) is 83.8 cm³/mol. The van der Waals surface area contributed by atoms with E-state index in [1.54, 1.807) is 6.07 Å². The summed E-state index contributed by atoms with van der Waals surface area (Å²) in [5, 5.41) is 9.62. The molecule has 0 amide bonds. The standard InChI is InChI=1S/C15H8ClFIN/c16-15(12-7-6-11(17)8-14(12)18)13(9-19)10-4-2-1-3-5-10/h1-8H/b15-13+. The summed E-state index contributed by atoms with van der Waals surface area (Å²) in [6.07, 6.45) is 0. The molecule has 0 aliphatic heterocycles. The van der Waals surface area contributed by atoms with E-state index in [1.807, 2.05) is 52.9 Å². The molecule has 0 N–H and O–H groups in total. The van der Waals surface area contributed by atoms with Crippen molar-refractivity contribution < 1.29 is 4.39 Å². The average molecular weight is 384 g/mol. The van der Waals surface area contributed by atoms with Crippen molar-refractivity contribution in [3.8, 4) is 6.07 Å². The molecule has 2 rings (SSSR count). The molecule has 0 aliphatic carbocycles. The zero-order chi connectivity index (χ0) is 13.8. The zero-order valence-corrected chi connectivity index (χ0v) is 12.6. The van der Waals surface area contributed by atoms with Gasteiger partial charge in [0.25, 0.3) is 0 Å². The number of nitriles is 1. The molecule has 4 heteroatoms. The number of rotatable bonds is 2. The molecule has 0 fully saturated rings. The van der Waals surface area contributed by atoms with Crippen LogP contribution < -0.4 is 0 Å². The molecule has 0 unspecified atom stereocenters. The summed E-state index contributed by atoms with van der Waals surface area (Å²) in [6.45, 7) is 0. The summed E-state index contributed by atoms with van der Waals surface area (Å²) in [5.74, 6) is -0.323. The quantitative estimate of drug-likeness (QED) is 0.404. The first kappa shape index (κ1) is 14.0. The molecular formula is C15H8ClFIN. The second-order valence-corrected chi connectivity index (χ2v) is 5.33. The predicted octanol–water partition coefficient (Wildman–Crippen LogP) is 5.06. The summed E-state index contributed by atoms with van der Waals surface area (Å²) in [5.41, 5.74) is 1.78. The molecule has 0 bridgehead atoms. The maximum absolute atomic E-state index is 13.1. The van der Waals surface area contributed by atoms with Crippen molar-refractivity contribution in [1.82, 2.24) is 0 Å². The maximum Gasteiger partial charge on any atom is 0.124 e. The van der Waals surface area contributed by atoms with Crippen molar-refractivity contribution in [2.45, 2.75) is 0 Å². The van der Waals surface area contributed by atoms with Gasteiger partial charge in [0.15, 0.2) is 0 Å². The number of benzene rings is 2. The zero-order valence-electron chi connectivity index (χ0n) is 9.70. The summed E-state index contributed by atoms with van der Waals surface area (Å²) in [6, 6.07) is 15.6. The molecule has 94 valence electrons. The molecular weight excluding hydrogens is 376 g/mol. The van der Waals surface area contributed by atoms with E-state index in [2.05, 4.69) is 6.07 Å². The minimum atomic E-state index is -0.323. The number of allylic oxidation sites excluding steroid dienone is 1. The fraction of sp³-hybridized carbons (Fsp3) is 0. The lowest BCUT2D eigenvalue weighted by molar-refractivity contribution is 0.626. The Labute approximate surface area is 129 Å². The Morgan fingerprint density at radius 1 is 1.16 bits per heavy atom. The van der Waals surface area contributed by atoms with Crippen LogP contribution >= 0.6 is 34.2 Å². The van der Waals surface area contributed by atoms with Gasteiger partial charge >= 0.3 is 0 Å². The normalized spacial score (nSPS) is 11.7. The topological polar surface area (TPSA) is 23.8 Å². The van der Waals surface area contributed by atoms with E-state index < -0.39 is 0 Å². The van der Waals surface area contributed by atoms with Crippen molar-refractivity contribution in [2.75, 3.05) is 0 Å². The maximum atomic E-state index is 13.1. The molecule has 0 spiro atoms. The summed E-state index contributed by atoms with van der Waals surface area (Å²) in [7, 11) is 0. The highest BCUT2D eigenvalue weighted by molar-refractivity contribution is 14.1. The minimum Gasteiger partial charge on any atom is -0.207 e.